The Morgan fingerprint density at radius 1 is 1.31 bits per heavy atom. The predicted octanol–water partition coefficient (Wildman–Crippen LogP) is 4.97. The van der Waals surface area contributed by atoms with Crippen LogP contribution in [0.4, 0.5) is 0 Å². The molecule has 16 heavy (non-hydrogen) atoms. The number of thiophene rings is 2. The molecule has 0 aromatic carbocycles. The van der Waals surface area contributed by atoms with E-state index in [-0.39, 0.29) is 0 Å². The minimum absolute atomic E-state index is 0.321. The largest absolute Gasteiger partial charge is 0.293 e. The Hall–Kier alpha value is -0.670. The molecule has 0 fully saturated rings. The highest BCUT2D eigenvalue weighted by molar-refractivity contribution is 7.27. The van der Waals surface area contributed by atoms with E-state index in [0.29, 0.717) is 18.1 Å². The summed E-state index contributed by atoms with van der Waals surface area (Å²) in [5, 5.41) is 2.08. The molecule has 2 aromatic rings. The van der Waals surface area contributed by atoms with E-state index >= 15 is 0 Å². The lowest BCUT2D eigenvalue weighted by molar-refractivity contribution is 0.0963. The molecule has 0 N–H and O–H groups in total. The van der Waals surface area contributed by atoms with Crippen LogP contribution in [0.2, 0.25) is 0 Å². The summed E-state index contributed by atoms with van der Waals surface area (Å²) >= 11 is 3.35. The van der Waals surface area contributed by atoms with Gasteiger partial charge in [-0.3, -0.25) is 4.79 Å². The van der Waals surface area contributed by atoms with Gasteiger partial charge >= 0.3 is 0 Å². The van der Waals surface area contributed by atoms with Crippen molar-refractivity contribution in [2.45, 2.75) is 33.1 Å². The van der Waals surface area contributed by atoms with Gasteiger partial charge in [-0.05, 0) is 23.4 Å². The van der Waals surface area contributed by atoms with Crippen LogP contribution in [0.1, 0.15) is 42.8 Å². The molecule has 2 aromatic heterocycles. The van der Waals surface area contributed by atoms with Gasteiger partial charge in [0.15, 0.2) is 5.78 Å². The van der Waals surface area contributed by atoms with E-state index < -0.39 is 0 Å². The third-order valence-electron chi connectivity index (χ3n) is 3.04. The fourth-order valence-corrected chi connectivity index (χ4v) is 3.90. The molecule has 2 rings (SSSR count). The third kappa shape index (κ3) is 2.36. The number of ketones is 1. The Bertz CT molecular complexity index is 448. The van der Waals surface area contributed by atoms with Crippen molar-refractivity contribution in [2.75, 3.05) is 0 Å². The average Bonchev–Trinajstić information content (AvgIpc) is 2.85. The molecule has 0 amide bonds. The molecule has 0 spiro atoms. The molecule has 0 atom stereocenters. The van der Waals surface area contributed by atoms with Gasteiger partial charge in [0, 0.05) is 15.8 Å². The van der Waals surface area contributed by atoms with Crippen LogP contribution in [-0.2, 0) is 0 Å². The van der Waals surface area contributed by atoms with E-state index in [4.69, 9.17) is 0 Å². The van der Waals surface area contributed by atoms with Crippen molar-refractivity contribution < 1.29 is 4.79 Å². The van der Waals surface area contributed by atoms with Crippen LogP contribution in [0.15, 0.2) is 17.5 Å². The smallest absolute Gasteiger partial charge is 0.173 e. The zero-order chi connectivity index (χ0) is 11.5. The van der Waals surface area contributed by atoms with Crippen molar-refractivity contribution in [1.29, 1.82) is 0 Å². The van der Waals surface area contributed by atoms with Gasteiger partial charge in [0.1, 0.15) is 0 Å². The first kappa shape index (κ1) is 11.8. The number of hydrogen-bond donors (Lipinski definition) is 0. The first-order valence-corrected chi connectivity index (χ1v) is 7.44. The first-order valence-electron chi connectivity index (χ1n) is 5.74. The number of rotatable bonds is 5. The summed E-state index contributed by atoms with van der Waals surface area (Å²) < 4.78 is 2.50. The minimum Gasteiger partial charge on any atom is -0.293 e. The maximum atomic E-state index is 12.1. The van der Waals surface area contributed by atoms with Crippen LogP contribution < -0.4 is 0 Å². The lowest BCUT2D eigenvalue weighted by atomic mass is 9.96. The maximum absolute atomic E-state index is 12.1. The van der Waals surface area contributed by atoms with E-state index in [0.717, 1.165) is 17.7 Å². The predicted molar refractivity (Wildman–Crippen MR) is 72.7 cm³/mol. The molecule has 0 aliphatic rings. The Morgan fingerprint density at radius 2 is 2.06 bits per heavy atom. The molecule has 0 aliphatic carbocycles. The highest BCUT2D eigenvalue weighted by atomic mass is 32.1. The molecule has 0 radical (unpaired) electrons. The quantitative estimate of drug-likeness (QED) is 0.686. The highest BCUT2D eigenvalue weighted by Gasteiger charge is 2.15. The summed E-state index contributed by atoms with van der Waals surface area (Å²) in [5.74, 6) is 0.870. The van der Waals surface area contributed by atoms with Crippen molar-refractivity contribution in [2.24, 2.45) is 5.92 Å². The molecule has 0 aliphatic heterocycles. The van der Waals surface area contributed by atoms with Crippen molar-refractivity contribution >= 4 is 37.9 Å². The molecular weight excluding hydrogens is 236 g/mol. The van der Waals surface area contributed by atoms with Crippen LogP contribution in [-0.4, -0.2) is 5.78 Å². The van der Waals surface area contributed by atoms with E-state index in [9.17, 15) is 4.79 Å². The monoisotopic (exact) mass is 252 g/mol. The average molecular weight is 252 g/mol. The van der Waals surface area contributed by atoms with Gasteiger partial charge in [-0.25, -0.2) is 0 Å². The zero-order valence-corrected chi connectivity index (χ0v) is 11.3. The van der Waals surface area contributed by atoms with Crippen LogP contribution in [0.3, 0.4) is 0 Å². The number of hydrogen-bond acceptors (Lipinski definition) is 3. The summed E-state index contributed by atoms with van der Waals surface area (Å²) in [5.41, 5.74) is 0. The molecule has 1 nitrogen and oxygen atoms in total. The van der Waals surface area contributed by atoms with Crippen molar-refractivity contribution in [3.63, 3.8) is 0 Å². The van der Waals surface area contributed by atoms with Gasteiger partial charge in [-0.2, -0.15) is 0 Å². The first-order chi connectivity index (χ1) is 7.74. The molecular formula is C13H16OS2. The second kappa shape index (κ2) is 5.11. The summed E-state index contributed by atoms with van der Waals surface area (Å²) in [6, 6.07) is 4.15. The van der Waals surface area contributed by atoms with Gasteiger partial charge in [-0.1, -0.05) is 26.7 Å². The second-order valence-electron chi connectivity index (χ2n) is 4.07. The molecule has 0 saturated carbocycles. The Kier molecular flexibility index (Phi) is 3.77. The minimum atomic E-state index is 0.321. The fourth-order valence-electron chi connectivity index (χ4n) is 1.84. The summed E-state index contributed by atoms with van der Waals surface area (Å²) in [7, 11) is 0. The van der Waals surface area contributed by atoms with Gasteiger partial charge in [0.25, 0.3) is 0 Å². The lowest BCUT2D eigenvalue weighted by Gasteiger charge is -2.09. The van der Waals surface area contributed by atoms with Crippen LogP contribution in [0, 0.1) is 5.92 Å². The molecule has 0 saturated heterocycles. The number of Topliss-reactive ketones (excluding diaryl/α,β-unsaturated/α-hetero) is 1. The molecule has 3 heteroatoms. The maximum Gasteiger partial charge on any atom is 0.173 e. The molecule has 0 unspecified atom stereocenters. The number of fused-ring (bicyclic) bond motifs is 1. The number of carbonyl (C=O) groups excluding carboxylic acids is 1. The van der Waals surface area contributed by atoms with Gasteiger partial charge < -0.3 is 0 Å². The number of carbonyl (C=O) groups is 1. The lowest BCUT2D eigenvalue weighted by Crippen LogP contribution is -2.05. The summed E-state index contributed by atoms with van der Waals surface area (Å²) in [6.07, 6.45) is 2.91. The van der Waals surface area contributed by atoms with Crippen molar-refractivity contribution in [3.05, 3.63) is 22.4 Å². The van der Waals surface area contributed by atoms with Crippen LogP contribution in [0.25, 0.3) is 9.40 Å². The van der Waals surface area contributed by atoms with Gasteiger partial charge in [-0.15, -0.1) is 22.7 Å². The van der Waals surface area contributed by atoms with Gasteiger partial charge in [0.05, 0.1) is 4.88 Å². The fraction of sp³-hybridized carbons (Fsp3) is 0.462. The van der Waals surface area contributed by atoms with Crippen molar-refractivity contribution in [3.8, 4) is 0 Å². The Morgan fingerprint density at radius 3 is 2.69 bits per heavy atom. The van der Waals surface area contributed by atoms with Gasteiger partial charge in [0.2, 0.25) is 0 Å². The van der Waals surface area contributed by atoms with E-state index in [1.165, 1.54) is 9.40 Å². The van der Waals surface area contributed by atoms with Crippen molar-refractivity contribution in [1.82, 2.24) is 0 Å². The van der Waals surface area contributed by atoms with E-state index in [1.807, 2.05) is 0 Å². The van der Waals surface area contributed by atoms with E-state index in [2.05, 4.69) is 31.4 Å². The van der Waals surface area contributed by atoms with E-state index in [1.54, 1.807) is 22.7 Å². The molecule has 2 heterocycles. The summed E-state index contributed by atoms with van der Waals surface area (Å²) in [6.45, 7) is 4.32. The Balaban J connectivity index is 2.12. The standard InChI is InChI=1S/C13H16OS2/c1-3-9(4-2)7-10(14)12-8-13-11(16-12)5-6-15-13/h5-6,8-9H,3-4,7H2,1-2H3. The SMILES string of the molecule is CCC(CC)CC(=O)c1cc2sccc2s1. The normalized spacial score (nSPS) is 11.4. The third-order valence-corrected chi connectivity index (χ3v) is 5.18. The van der Waals surface area contributed by atoms with Crippen LogP contribution >= 0.6 is 22.7 Å². The molecule has 0 bridgehead atoms. The second-order valence-corrected chi connectivity index (χ2v) is 6.10. The molecule has 86 valence electrons. The van der Waals surface area contributed by atoms with Crippen LogP contribution in [0.5, 0.6) is 0 Å². The topological polar surface area (TPSA) is 17.1 Å². The highest BCUT2D eigenvalue weighted by Crippen LogP contribution is 2.31. The Labute approximate surface area is 104 Å². The zero-order valence-electron chi connectivity index (χ0n) is 9.66. The summed E-state index contributed by atoms with van der Waals surface area (Å²) in [4.78, 5) is 13.0.